The molecule has 0 bridgehead atoms. The van der Waals surface area contributed by atoms with Crippen molar-refractivity contribution in [2.24, 2.45) is 0 Å². The van der Waals surface area contributed by atoms with Gasteiger partial charge in [0.25, 0.3) is 0 Å². The van der Waals surface area contributed by atoms with Gasteiger partial charge in [0, 0.05) is 6.42 Å². The third-order valence-electron chi connectivity index (χ3n) is 1.81. The van der Waals surface area contributed by atoms with E-state index in [0.29, 0.717) is 0 Å². The van der Waals surface area contributed by atoms with Crippen molar-refractivity contribution >= 4 is 0 Å². The molecule has 1 nitrogen and oxygen atoms in total. The molecule has 0 unspecified atom stereocenters. The monoisotopic (exact) mass is 176 g/mol. The third kappa shape index (κ3) is 3.79. The Kier molecular flexibility index (Phi) is 4.10. The molecule has 0 saturated heterocycles. The van der Waals surface area contributed by atoms with Crippen molar-refractivity contribution in [3.05, 3.63) is 48.0 Å². The smallest absolute Gasteiger partial charge is 0.107 e. The van der Waals surface area contributed by atoms with Gasteiger partial charge in [-0.25, -0.2) is 0 Å². The van der Waals surface area contributed by atoms with Gasteiger partial charge in [0.1, 0.15) is 5.76 Å². The summed E-state index contributed by atoms with van der Waals surface area (Å²) in [7, 11) is 0. The Labute approximate surface area is 79.8 Å². The van der Waals surface area contributed by atoms with Crippen LogP contribution in [-0.4, -0.2) is 0 Å². The zero-order valence-corrected chi connectivity index (χ0v) is 8.29. The second kappa shape index (κ2) is 5.41. The Balaban J connectivity index is 2.38. The maximum atomic E-state index is 5.20. The second-order valence-corrected chi connectivity index (χ2v) is 3.04. The summed E-state index contributed by atoms with van der Waals surface area (Å²) in [5.74, 6) is 1.01. The zero-order valence-electron chi connectivity index (χ0n) is 8.29. The van der Waals surface area contributed by atoms with Crippen LogP contribution in [0.4, 0.5) is 0 Å². The molecular formula is C12H16O. The van der Waals surface area contributed by atoms with Crippen LogP contribution in [0.3, 0.4) is 0 Å². The molecular weight excluding hydrogens is 160 g/mol. The van der Waals surface area contributed by atoms with Gasteiger partial charge in [-0.1, -0.05) is 30.7 Å². The maximum absolute atomic E-state index is 5.20. The summed E-state index contributed by atoms with van der Waals surface area (Å²) in [4.78, 5) is 0. The number of hydrogen-bond acceptors (Lipinski definition) is 1. The summed E-state index contributed by atoms with van der Waals surface area (Å²) >= 11 is 0. The zero-order chi connectivity index (χ0) is 9.52. The average Bonchev–Trinajstić information content (AvgIpc) is 2.57. The highest BCUT2D eigenvalue weighted by molar-refractivity contribution is 5.17. The molecule has 1 heterocycles. The van der Waals surface area contributed by atoms with E-state index < -0.39 is 0 Å². The van der Waals surface area contributed by atoms with E-state index in [9.17, 15) is 0 Å². The first-order valence-electron chi connectivity index (χ1n) is 4.68. The summed E-state index contributed by atoms with van der Waals surface area (Å²) in [6.07, 6.45) is 10.1. The molecule has 1 heteroatoms. The molecule has 0 N–H and O–H groups in total. The molecule has 70 valence electrons. The van der Waals surface area contributed by atoms with E-state index in [0.717, 1.165) is 18.6 Å². The summed E-state index contributed by atoms with van der Waals surface area (Å²) in [5.41, 5.74) is 1.31. The number of allylic oxidation sites excluding steroid dienone is 4. The van der Waals surface area contributed by atoms with Gasteiger partial charge in [-0.15, -0.1) is 0 Å². The van der Waals surface area contributed by atoms with Gasteiger partial charge < -0.3 is 4.42 Å². The Hall–Kier alpha value is -1.24. The van der Waals surface area contributed by atoms with E-state index in [2.05, 4.69) is 32.1 Å². The van der Waals surface area contributed by atoms with E-state index in [4.69, 9.17) is 4.42 Å². The first kappa shape index (κ1) is 9.85. The lowest BCUT2D eigenvalue weighted by Gasteiger charge is -1.90. The van der Waals surface area contributed by atoms with Gasteiger partial charge in [0.2, 0.25) is 0 Å². The lowest BCUT2D eigenvalue weighted by molar-refractivity contribution is 0.523. The van der Waals surface area contributed by atoms with Crippen molar-refractivity contribution in [3.63, 3.8) is 0 Å². The number of hydrogen-bond donors (Lipinski definition) is 0. The molecule has 0 aliphatic rings. The molecule has 0 aromatic carbocycles. The van der Waals surface area contributed by atoms with Crippen LogP contribution in [0.1, 0.15) is 26.0 Å². The van der Waals surface area contributed by atoms with Crippen molar-refractivity contribution in [2.75, 3.05) is 0 Å². The van der Waals surface area contributed by atoms with E-state index in [-0.39, 0.29) is 0 Å². The predicted octanol–water partition coefficient (Wildman–Crippen LogP) is 3.73. The van der Waals surface area contributed by atoms with E-state index in [1.165, 1.54) is 5.57 Å². The highest BCUT2D eigenvalue weighted by Crippen LogP contribution is 2.03. The predicted molar refractivity (Wildman–Crippen MR) is 55.6 cm³/mol. The van der Waals surface area contributed by atoms with Crippen LogP contribution >= 0.6 is 0 Å². The SMILES string of the molecule is CC/C=C(C)\C=C/Cc1ccco1. The first-order chi connectivity index (χ1) is 6.33. The van der Waals surface area contributed by atoms with Gasteiger partial charge in [0.15, 0.2) is 0 Å². The highest BCUT2D eigenvalue weighted by atomic mass is 16.3. The molecule has 13 heavy (non-hydrogen) atoms. The standard InChI is InChI=1S/C12H16O/c1-3-6-11(2)7-4-8-12-9-5-10-13-12/h4-7,9-10H,3,8H2,1-2H3/b7-4-,11-6-. The fourth-order valence-corrected chi connectivity index (χ4v) is 1.18. The molecule has 0 aliphatic carbocycles. The van der Waals surface area contributed by atoms with Gasteiger partial charge in [0.05, 0.1) is 6.26 Å². The first-order valence-corrected chi connectivity index (χ1v) is 4.68. The minimum absolute atomic E-state index is 0.877. The lowest BCUT2D eigenvalue weighted by atomic mass is 10.2. The number of rotatable bonds is 4. The summed E-state index contributed by atoms with van der Waals surface area (Å²) in [6.45, 7) is 4.26. The van der Waals surface area contributed by atoms with Gasteiger partial charge >= 0.3 is 0 Å². The van der Waals surface area contributed by atoms with Crippen molar-refractivity contribution in [3.8, 4) is 0 Å². The van der Waals surface area contributed by atoms with Gasteiger partial charge in [-0.2, -0.15) is 0 Å². The maximum Gasteiger partial charge on any atom is 0.107 e. The molecule has 0 spiro atoms. The Morgan fingerprint density at radius 3 is 3.00 bits per heavy atom. The summed E-state index contributed by atoms with van der Waals surface area (Å²) in [6, 6.07) is 3.90. The minimum Gasteiger partial charge on any atom is -0.469 e. The third-order valence-corrected chi connectivity index (χ3v) is 1.81. The van der Waals surface area contributed by atoms with Crippen molar-refractivity contribution < 1.29 is 4.42 Å². The quantitative estimate of drug-likeness (QED) is 0.637. The van der Waals surface area contributed by atoms with E-state index in [1.54, 1.807) is 6.26 Å². The molecule has 1 aromatic heterocycles. The van der Waals surface area contributed by atoms with Crippen LogP contribution in [0.2, 0.25) is 0 Å². The van der Waals surface area contributed by atoms with E-state index in [1.807, 2.05) is 12.1 Å². The molecule has 0 aliphatic heterocycles. The van der Waals surface area contributed by atoms with E-state index >= 15 is 0 Å². The number of furan rings is 1. The van der Waals surface area contributed by atoms with Crippen LogP contribution in [0.15, 0.2) is 46.6 Å². The molecule has 0 atom stereocenters. The fraction of sp³-hybridized carbons (Fsp3) is 0.333. The fourth-order valence-electron chi connectivity index (χ4n) is 1.18. The topological polar surface area (TPSA) is 13.1 Å². The normalized spacial score (nSPS) is 12.6. The van der Waals surface area contributed by atoms with Gasteiger partial charge in [-0.3, -0.25) is 0 Å². The van der Waals surface area contributed by atoms with Crippen LogP contribution in [-0.2, 0) is 6.42 Å². The molecule has 0 radical (unpaired) electrons. The summed E-state index contributed by atoms with van der Waals surface area (Å²) < 4.78 is 5.20. The van der Waals surface area contributed by atoms with Crippen LogP contribution < -0.4 is 0 Å². The lowest BCUT2D eigenvalue weighted by Crippen LogP contribution is -1.74. The largest absolute Gasteiger partial charge is 0.469 e. The Bertz CT molecular complexity index is 278. The Morgan fingerprint density at radius 2 is 2.38 bits per heavy atom. The van der Waals surface area contributed by atoms with Crippen LogP contribution in [0, 0.1) is 0 Å². The molecule has 1 aromatic rings. The molecule has 0 fully saturated rings. The highest BCUT2D eigenvalue weighted by Gasteiger charge is 1.89. The Morgan fingerprint density at radius 1 is 1.54 bits per heavy atom. The molecule has 0 amide bonds. The van der Waals surface area contributed by atoms with Crippen molar-refractivity contribution in [2.45, 2.75) is 26.7 Å². The van der Waals surface area contributed by atoms with Crippen LogP contribution in [0.25, 0.3) is 0 Å². The molecule has 0 saturated carbocycles. The van der Waals surface area contributed by atoms with Crippen molar-refractivity contribution in [1.29, 1.82) is 0 Å². The second-order valence-electron chi connectivity index (χ2n) is 3.04. The van der Waals surface area contributed by atoms with Crippen molar-refractivity contribution in [1.82, 2.24) is 0 Å². The average molecular weight is 176 g/mol. The summed E-state index contributed by atoms with van der Waals surface area (Å²) in [5, 5.41) is 0. The minimum atomic E-state index is 0.877. The van der Waals surface area contributed by atoms with Gasteiger partial charge in [-0.05, 0) is 25.5 Å². The van der Waals surface area contributed by atoms with Crippen LogP contribution in [0.5, 0.6) is 0 Å². The molecule has 1 rings (SSSR count).